The number of aliphatic hydroxyl groups is 2. The molecule has 2 unspecified atom stereocenters. The average Bonchev–Trinajstić information content (AvgIpc) is 2.50. The highest BCUT2D eigenvalue weighted by Crippen LogP contribution is 2.32. The summed E-state index contributed by atoms with van der Waals surface area (Å²) in [4.78, 5) is 1.99. The fourth-order valence-electron chi connectivity index (χ4n) is 1.10. The number of hydrogen-bond acceptors (Lipinski definition) is 3. The van der Waals surface area contributed by atoms with Gasteiger partial charge in [0.15, 0.2) is 0 Å². The number of aliphatic hydroxyl groups excluding tert-OH is 1. The van der Waals surface area contributed by atoms with Gasteiger partial charge in [0.05, 0.1) is 5.60 Å². The summed E-state index contributed by atoms with van der Waals surface area (Å²) in [5.41, 5.74) is -1.02. The summed E-state index contributed by atoms with van der Waals surface area (Å²) in [7, 11) is 0. The minimum absolute atomic E-state index is 0.547. The topological polar surface area (TPSA) is 40.5 Å². The van der Waals surface area contributed by atoms with E-state index in [1.165, 1.54) is 11.3 Å². The number of aryl methyl sites for hydroxylation is 1. The van der Waals surface area contributed by atoms with Crippen molar-refractivity contribution < 1.29 is 10.2 Å². The minimum Gasteiger partial charge on any atom is -0.387 e. The third kappa shape index (κ3) is 2.30. The smallest absolute Gasteiger partial charge is 0.116 e. The van der Waals surface area contributed by atoms with Crippen LogP contribution in [0.15, 0.2) is 12.1 Å². The first-order valence-corrected chi connectivity index (χ1v) is 5.26. The molecular weight excluding hydrogens is 184 g/mol. The van der Waals surface area contributed by atoms with Crippen molar-refractivity contribution >= 4 is 11.3 Å². The van der Waals surface area contributed by atoms with Crippen molar-refractivity contribution in [3.8, 4) is 0 Å². The maximum absolute atomic E-state index is 9.82. The lowest BCUT2D eigenvalue weighted by molar-refractivity contribution is -0.0641. The molecule has 2 N–H and O–H groups in total. The lowest BCUT2D eigenvalue weighted by atomic mass is 9.95. The van der Waals surface area contributed by atoms with Gasteiger partial charge in [-0.05, 0) is 32.4 Å². The van der Waals surface area contributed by atoms with Gasteiger partial charge >= 0.3 is 0 Å². The van der Waals surface area contributed by atoms with Crippen molar-refractivity contribution in [2.45, 2.75) is 38.9 Å². The quantitative estimate of drug-likeness (QED) is 0.785. The van der Waals surface area contributed by atoms with Gasteiger partial charge in [-0.3, -0.25) is 0 Å². The molecule has 1 heterocycles. The van der Waals surface area contributed by atoms with Crippen LogP contribution < -0.4 is 0 Å². The summed E-state index contributed by atoms with van der Waals surface area (Å²) < 4.78 is 0. The molecule has 0 aromatic carbocycles. The van der Waals surface area contributed by atoms with Crippen LogP contribution in [0, 0.1) is 6.92 Å². The molecule has 0 spiro atoms. The predicted octanol–water partition coefficient (Wildman–Crippen LogP) is 2.25. The van der Waals surface area contributed by atoms with Gasteiger partial charge in [0.25, 0.3) is 0 Å². The first-order valence-electron chi connectivity index (χ1n) is 4.44. The van der Waals surface area contributed by atoms with E-state index in [1.807, 2.05) is 26.0 Å². The van der Waals surface area contributed by atoms with Gasteiger partial charge in [-0.15, -0.1) is 11.3 Å². The molecule has 1 aromatic rings. The van der Waals surface area contributed by atoms with Crippen LogP contribution >= 0.6 is 11.3 Å². The van der Waals surface area contributed by atoms with Crippen LogP contribution in [-0.4, -0.2) is 15.8 Å². The van der Waals surface area contributed by atoms with Gasteiger partial charge in [-0.25, -0.2) is 0 Å². The molecule has 0 radical (unpaired) electrons. The molecule has 1 rings (SSSR count). The van der Waals surface area contributed by atoms with Crippen LogP contribution in [0.2, 0.25) is 0 Å². The van der Waals surface area contributed by atoms with Crippen molar-refractivity contribution in [3.63, 3.8) is 0 Å². The maximum Gasteiger partial charge on any atom is 0.116 e. The normalized spacial score (nSPS) is 18.2. The Morgan fingerprint density at radius 2 is 2.15 bits per heavy atom. The Labute approximate surface area is 82.8 Å². The van der Waals surface area contributed by atoms with Crippen molar-refractivity contribution in [1.29, 1.82) is 0 Å². The molecule has 0 fully saturated rings. The van der Waals surface area contributed by atoms with Gasteiger partial charge in [0.1, 0.15) is 6.10 Å². The lowest BCUT2D eigenvalue weighted by Gasteiger charge is -2.26. The highest BCUT2D eigenvalue weighted by Gasteiger charge is 2.30. The highest BCUT2D eigenvalue weighted by atomic mass is 32.1. The Hall–Kier alpha value is -0.380. The third-order valence-electron chi connectivity index (χ3n) is 2.34. The highest BCUT2D eigenvalue weighted by molar-refractivity contribution is 7.12. The molecule has 1 aromatic heterocycles. The Kier molecular flexibility index (Phi) is 3.11. The molecule has 0 saturated heterocycles. The van der Waals surface area contributed by atoms with Crippen molar-refractivity contribution in [2.75, 3.05) is 0 Å². The van der Waals surface area contributed by atoms with E-state index in [0.29, 0.717) is 6.42 Å². The number of thiophene rings is 1. The third-order valence-corrected chi connectivity index (χ3v) is 3.39. The standard InChI is InChI=1S/C10H16O2S/c1-4-10(3,12)9(11)8-6-5-7(2)13-8/h5-6,9,11-12H,4H2,1-3H3. The largest absolute Gasteiger partial charge is 0.387 e. The summed E-state index contributed by atoms with van der Waals surface area (Å²) in [6.45, 7) is 5.51. The number of hydrogen-bond donors (Lipinski definition) is 2. The van der Waals surface area contributed by atoms with Crippen molar-refractivity contribution in [1.82, 2.24) is 0 Å². The monoisotopic (exact) mass is 200 g/mol. The lowest BCUT2D eigenvalue weighted by Crippen LogP contribution is -2.31. The zero-order valence-corrected chi connectivity index (χ0v) is 9.06. The van der Waals surface area contributed by atoms with Crippen LogP contribution in [0.25, 0.3) is 0 Å². The van der Waals surface area contributed by atoms with Gasteiger partial charge < -0.3 is 10.2 Å². The molecule has 0 aliphatic rings. The van der Waals surface area contributed by atoms with E-state index < -0.39 is 11.7 Å². The molecular formula is C10H16O2S. The van der Waals surface area contributed by atoms with Crippen LogP contribution in [0.4, 0.5) is 0 Å². The van der Waals surface area contributed by atoms with E-state index in [0.717, 1.165) is 9.75 Å². The maximum atomic E-state index is 9.82. The molecule has 0 aliphatic heterocycles. The average molecular weight is 200 g/mol. The second-order valence-electron chi connectivity index (χ2n) is 3.56. The Morgan fingerprint density at radius 1 is 1.54 bits per heavy atom. The molecule has 0 saturated carbocycles. The minimum atomic E-state index is -1.02. The summed E-state index contributed by atoms with van der Waals surface area (Å²) >= 11 is 1.53. The molecule has 0 bridgehead atoms. The molecule has 2 atom stereocenters. The van der Waals surface area contributed by atoms with Crippen molar-refractivity contribution in [3.05, 3.63) is 21.9 Å². The first kappa shape index (κ1) is 10.7. The van der Waals surface area contributed by atoms with Gasteiger partial charge in [-0.1, -0.05) is 6.92 Å². The molecule has 0 amide bonds. The van der Waals surface area contributed by atoms with Crippen molar-refractivity contribution in [2.24, 2.45) is 0 Å². The van der Waals surface area contributed by atoms with Crippen LogP contribution in [-0.2, 0) is 0 Å². The zero-order valence-electron chi connectivity index (χ0n) is 8.24. The zero-order chi connectivity index (χ0) is 10.1. The van der Waals surface area contributed by atoms with E-state index in [2.05, 4.69) is 0 Å². The van der Waals surface area contributed by atoms with Gasteiger partial charge in [0, 0.05) is 9.75 Å². The summed E-state index contributed by atoms with van der Waals surface area (Å²) in [6, 6.07) is 3.82. The number of rotatable bonds is 3. The van der Waals surface area contributed by atoms with E-state index in [4.69, 9.17) is 0 Å². The molecule has 2 nitrogen and oxygen atoms in total. The first-order chi connectivity index (χ1) is 5.97. The second-order valence-corrected chi connectivity index (χ2v) is 4.88. The summed E-state index contributed by atoms with van der Waals surface area (Å²) in [5.74, 6) is 0. The molecule has 0 aliphatic carbocycles. The van der Waals surface area contributed by atoms with E-state index in [9.17, 15) is 10.2 Å². The van der Waals surface area contributed by atoms with Gasteiger partial charge in [0.2, 0.25) is 0 Å². The van der Waals surface area contributed by atoms with E-state index in [1.54, 1.807) is 6.92 Å². The fraction of sp³-hybridized carbons (Fsp3) is 0.600. The summed E-state index contributed by atoms with van der Waals surface area (Å²) in [5, 5.41) is 19.6. The Morgan fingerprint density at radius 3 is 2.54 bits per heavy atom. The Bertz CT molecular complexity index is 278. The fourth-order valence-corrected chi connectivity index (χ4v) is 2.11. The van der Waals surface area contributed by atoms with Crippen LogP contribution in [0.5, 0.6) is 0 Å². The second kappa shape index (κ2) is 3.78. The predicted molar refractivity (Wildman–Crippen MR) is 54.9 cm³/mol. The molecule has 3 heteroatoms. The van der Waals surface area contributed by atoms with Crippen LogP contribution in [0.3, 0.4) is 0 Å². The summed E-state index contributed by atoms with van der Waals surface area (Å²) in [6.07, 6.45) is -0.221. The van der Waals surface area contributed by atoms with E-state index >= 15 is 0 Å². The SMILES string of the molecule is CCC(C)(O)C(O)c1ccc(C)s1. The molecule has 74 valence electrons. The van der Waals surface area contributed by atoms with Gasteiger partial charge in [-0.2, -0.15) is 0 Å². The Balaban J connectivity index is 2.84. The van der Waals surface area contributed by atoms with Crippen LogP contribution in [0.1, 0.15) is 36.1 Å². The van der Waals surface area contributed by atoms with E-state index in [-0.39, 0.29) is 0 Å². The molecule has 13 heavy (non-hydrogen) atoms.